The molecule has 7 heteroatoms. The van der Waals surface area contributed by atoms with E-state index in [0.717, 1.165) is 16.8 Å². The molecule has 0 saturated carbocycles. The Morgan fingerprint density at radius 2 is 2.07 bits per heavy atom. The number of hydrogen-bond acceptors (Lipinski definition) is 3. The van der Waals surface area contributed by atoms with E-state index in [1.165, 1.54) is 6.07 Å². The van der Waals surface area contributed by atoms with Crippen molar-refractivity contribution >= 4 is 5.91 Å². The van der Waals surface area contributed by atoms with Gasteiger partial charge in [0, 0.05) is 23.6 Å². The maximum atomic E-state index is 12.6. The van der Waals surface area contributed by atoms with Gasteiger partial charge < -0.3 is 14.6 Å². The Morgan fingerprint density at radius 1 is 1.25 bits per heavy atom. The van der Waals surface area contributed by atoms with Gasteiger partial charge in [0.15, 0.2) is 0 Å². The predicted molar refractivity (Wildman–Crippen MR) is 102 cm³/mol. The summed E-state index contributed by atoms with van der Waals surface area (Å²) in [5.74, 6) is -0.0712. The number of carbonyl (C=O) groups is 1. The van der Waals surface area contributed by atoms with Gasteiger partial charge in [-0.25, -0.2) is 13.8 Å². The zero-order valence-corrected chi connectivity index (χ0v) is 15.6. The number of nitrogens with zero attached hydrogens (tertiary/aromatic N) is 2. The molecule has 0 unspecified atom stereocenters. The SMILES string of the molecule is Cc1ccc([C@H](C)NC(=O)c2cccc(OCC(F)F)c2)cc1-n1ccnc1. The van der Waals surface area contributed by atoms with Crippen LogP contribution in [-0.4, -0.2) is 28.5 Å². The van der Waals surface area contributed by atoms with Crippen molar-refractivity contribution in [2.45, 2.75) is 26.3 Å². The average Bonchev–Trinajstić information content (AvgIpc) is 3.21. The van der Waals surface area contributed by atoms with Crippen molar-refractivity contribution in [1.82, 2.24) is 14.9 Å². The Bertz CT molecular complexity index is 943. The zero-order chi connectivity index (χ0) is 20.1. The van der Waals surface area contributed by atoms with Crippen LogP contribution in [0, 0.1) is 6.92 Å². The molecule has 146 valence electrons. The molecule has 0 aliphatic rings. The summed E-state index contributed by atoms with van der Waals surface area (Å²) in [5, 5.41) is 2.93. The molecule has 28 heavy (non-hydrogen) atoms. The Balaban J connectivity index is 1.73. The van der Waals surface area contributed by atoms with E-state index < -0.39 is 13.0 Å². The number of amides is 1. The van der Waals surface area contributed by atoms with Crippen LogP contribution in [0.15, 0.2) is 61.2 Å². The van der Waals surface area contributed by atoms with Gasteiger partial charge in [-0.2, -0.15) is 0 Å². The summed E-state index contributed by atoms with van der Waals surface area (Å²) in [6.07, 6.45) is 2.73. The van der Waals surface area contributed by atoms with Crippen molar-refractivity contribution in [3.05, 3.63) is 77.9 Å². The molecule has 1 N–H and O–H groups in total. The van der Waals surface area contributed by atoms with E-state index in [-0.39, 0.29) is 17.7 Å². The van der Waals surface area contributed by atoms with Crippen LogP contribution < -0.4 is 10.1 Å². The minimum atomic E-state index is -2.57. The normalized spacial score (nSPS) is 12.0. The van der Waals surface area contributed by atoms with Crippen molar-refractivity contribution in [3.63, 3.8) is 0 Å². The number of benzene rings is 2. The zero-order valence-electron chi connectivity index (χ0n) is 15.6. The molecule has 0 spiro atoms. The topological polar surface area (TPSA) is 56.1 Å². The molecule has 1 amide bonds. The first-order valence-corrected chi connectivity index (χ1v) is 8.85. The van der Waals surface area contributed by atoms with Crippen LogP contribution in [0.25, 0.3) is 5.69 Å². The third-order valence-corrected chi connectivity index (χ3v) is 4.34. The second-order valence-corrected chi connectivity index (χ2v) is 6.44. The number of ether oxygens (including phenoxy) is 1. The van der Waals surface area contributed by atoms with Gasteiger partial charge in [0.1, 0.15) is 12.4 Å². The van der Waals surface area contributed by atoms with E-state index in [1.54, 1.807) is 30.7 Å². The average molecular weight is 385 g/mol. The third-order valence-electron chi connectivity index (χ3n) is 4.34. The van der Waals surface area contributed by atoms with Gasteiger partial charge >= 0.3 is 0 Å². The summed E-state index contributed by atoms with van der Waals surface area (Å²) in [5.41, 5.74) is 3.36. The molecule has 3 aromatic rings. The van der Waals surface area contributed by atoms with Gasteiger partial charge in [-0.05, 0) is 49.2 Å². The fourth-order valence-corrected chi connectivity index (χ4v) is 2.83. The van der Waals surface area contributed by atoms with Crippen LogP contribution in [-0.2, 0) is 0 Å². The first-order valence-electron chi connectivity index (χ1n) is 8.85. The smallest absolute Gasteiger partial charge is 0.272 e. The maximum absolute atomic E-state index is 12.6. The first kappa shape index (κ1) is 19.5. The summed E-state index contributed by atoms with van der Waals surface area (Å²) < 4.78 is 31.5. The molecule has 1 heterocycles. The number of aryl methyl sites for hydroxylation is 1. The molecular weight excluding hydrogens is 364 g/mol. The second-order valence-electron chi connectivity index (χ2n) is 6.44. The molecule has 0 bridgehead atoms. The first-order chi connectivity index (χ1) is 13.4. The molecule has 1 aromatic heterocycles. The van der Waals surface area contributed by atoms with Crippen molar-refractivity contribution < 1.29 is 18.3 Å². The number of nitrogens with one attached hydrogen (secondary N) is 1. The number of imidazole rings is 1. The molecule has 0 fully saturated rings. The lowest BCUT2D eigenvalue weighted by Crippen LogP contribution is -2.26. The van der Waals surface area contributed by atoms with Crippen LogP contribution in [0.3, 0.4) is 0 Å². The summed E-state index contributed by atoms with van der Waals surface area (Å²) in [4.78, 5) is 16.6. The highest BCUT2D eigenvalue weighted by molar-refractivity contribution is 5.94. The fraction of sp³-hybridized carbons (Fsp3) is 0.238. The highest BCUT2D eigenvalue weighted by atomic mass is 19.3. The molecule has 0 saturated heterocycles. The van der Waals surface area contributed by atoms with Gasteiger partial charge in [0.25, 0.3) is 12.3 Å². The van der Waals surface area contributed by atoms with Gasteiger partial charge in [-0.15, -0.1) is 0 Å². The number of carbonyl (C=O) groups excluding carboxylic acids is 1. The van der Waals surface area contributed by atoms with E-state index in [4.69, 9.17) is 4.74 Å². The molecule has 1 atom stereocenters. The van der Waals surface area contributed by atoms with Crippen LogP contribution in [0.4, 0.5) is 8.78 Å². The van der Waals surface area contributed by atoms with Crippen molar-refractivity contribution in [1.29, 1.82) is 0 Å². The maximum Gasteiger partial charge on any atom is 0.272 e. The Labute approximate surface area is 162 Å². The Hall–Kier alpha value is -3.22. The van der Waals surface area contributed by atoms with Crippen molar-refractivity contribution in [3.8, 4) is 11.4 Å². The van der Waals surface area contributed by atoms with Gasteiger partial charge in [0.05, 0.1) is 12.4 Å². The molecule has 0 aliphatic carbocycles. The van der Waals surface area contributed by atoms with E-state index in [9.17, 15) is 13.6 Å². The van der Waals surface area contributed by atoms with Crippen molar-refractivity contribution in [2.24, 2.45) is 0 Å². The van der Waals surface area contributed by atoms with Crippen molar-refractivity contribution in [2.75, 3.05) is 6.61 Å². The van der Waals surface area contributed by atoms with E-state index >= 15 is 0 Å². The molecule has 2 aromatic carbocycles. The molecule has 5 nitrogen and oxygen atoms in total. The summed E-state index contributed by atoms with van der Waals surface area (Å²) >= 11 is 0. The second kappa shape index (κ2) is 8.65. The Kier molecular flexibility index (Phi) is 6.03. The van der Waals surface area contributed by atoms with E-state index in [1.807, 2.05) is 42.8 Å². The number of halogens is 2. The van der Waals surface area contributed by atoms with Gasteiger partial charge in [-0.1, -0.05) is 18.2 Å². The summed E-state index contributed by atoms with van der Waals surface area (Å²) in [6, 6.07) is 11.9. The molecule has 0 aliphatic heterocycles. The fourth-order valence-electron chi connectivity index (χ4n) is 2.83. The quantitative estimate of drug-likeness (QED) is 0.659. The largest absolute Gasteiger partial charge is 0.488 e. The third kappa shape index (κ3) is 4.73. The molecule has 3 rings (SSSR count). The Morgan fingerprint density at radius 3 is 2.79 bits per heavy atom. The summed E-state index contributed by atoms with van der Waals surface area (Å²) in [7, 11) is 0. The number of rotatable bonds is 7. The van der Waals surface area contributed by atoms with Gasteiger partial charge in [0.2, 0.25) is 0 Å². The standard InChI is InChI=1S/C21H21F2N3O2/c1-14-6-7-16(11-19(14)26-9-8-24-13-26)15(2)25-21(27)17-4-3-5-18(10-17)28-12-20(22)23/h3-11,13,15,20H,12H2,1-2H3,(H,25,27)/t15-/m0/s1. The lowest BCUT2D eigenvalue weighted by Gasteiger charge is -2.17. The van der Waals surface area contributed by atoms with Crippen LogP contribution in [0.2, 0.25) is 0 Å². The lowest BCUT2D eigenvalue weighted by molar-refractivity contribution is 0.0818. The van der Waals surface area contributed by atoms with Gasteiger partial charge in [-0.3, -0.25) is 4.79 Å². The number of aromatic nitrogens is 2. The predicted octanol–water partition coefficient (Wildman–Crippen LogP) is 4.32. The minimum Gasteiger partial charge on any atom is -0.488 e. The van der Waals surface area contributed by atoms with Crippen LogP contribution >= 0.6 is 0 Å². The molecular formula is C21H21F2N3O2. The van der Waals surface area contributed by atoms with E-state index in [2.05, 4.69) is 10.3 Å². The highest BCUT2D eigenvalue weighted by Gasteiger charge is 2.14. The lowest BCUT2D eigenvalue weighted by atomic mass is 10.0. The van der Waals surface area contributed by atoms with E-state index in [0.29, 0.717) is 5.56 Å². The number of alkyl halides is 2. The minimum absolute atomic E-state index is 0.235. The monoisotopic (exact) mass is 385 g/mol. The highest BCUT2D eigenvalue weighted by Crippen LogP contribution is 2.21. The number of hydrogen-bond donors (Lipinski definition) is 1. The van der Waals surface area contributed by atoms with Crippen LogP contribution in [0.1, 0.15) is 34.5 Å². The van der Waals surface area contributed by atoms with Crippen LogP contribution in [0.5, 0.6) is 5.75 Å². The molecule has 0 radical (unpaired) electrons. The summed E-state index contributed by atoms with van der Waals surface area (Å²) in [6.45, 7) is 3.19.